The third-order valence-electron chi connectivity index (χ3n) is 2.06. The number of carbonyl (C=O) groups excluding carboxylic acids is 1. The average molecular weight is 224 g/mol. The van der Waals surface area contributed by atoms with E-state index < -0.39 is 0 Å². The Morgan fingerprint density at radius 3 is 2.93 bits per heavy atom. The van der Waals surface area contributed by atoms with E-state index in [-0.39, 0.29) is 11.8 Å². The number of halogens is 1. The number of fused-ring (bicyclic) bond motifs is 1. The van der Waals surface area contributed by atoms with Gasteiger partial charge in [-0.2, -0.15) is 0 Å². The summed E-state index contributed by atoms with van der Waals surface area (Å²) < 4.78 is 5.51. The molecule has 4 heteroatoms. The number of hydrogen-bond donors (Lipinski definition) is 1. The fraction of sp³-hybridized carbons (Fsp3) is 0.182. The molecule has 78 valence electrons. The van der Waals surface area contributed by atoms with Crippen LogP contribution in [0.4, 0.5) is 0 Å². The molecule has 15 heavy (non-hydrogen) atoms. The van der Waals surface area contributed by atoms with Crippen LogP contribution in [0.3, 0.4) is 0 Å². The van der Waals surface area contributed by atoms with Crippen LogP contribution < -0.4 is 5.32 Å². The minimum absolute atomic E-state index is 0.0276. The van der Waals surface area contributed by atoms with Crippen LogP contribution in [-0.2, 0) is 11.3 Å². The molecular weight excluding hydrogens is 214 g/mol. The van der Waals surface area contributed by atoms with E-state index in [2.05, 4.69) is 5.32 Å². The molecular formula is C11H10ClNO2. The molecule has 1 aromatic heterocycles. The van der Waals surface area contributed by atoms with Crippen LogP contribution in [0.2, 0.25) is 0 Å². The maximum atomic E-state index is 10.9. The SMILES string of the molecule is O=C(CCl)NCc1cc2ccccc2o1. The second-order valence-electron chi connectivity index (χ2n) is 3.16. The van der Waals surface area contributed by atoms with Crippen LogP contribution in [0, 0.1) is 0 Å². The third kappa shape index (κ3) is 2.30. The molecule has 0 fully saturated rings. The first kappa shape index (κ1) is 10.1. The van der Waals surface area contributed by atoms with Gasteiger partial charge in [0.05, 0.1) is 6.54 Å². The Kier molecular flexibility index (Phi) is 2.92. The summed E-state index contributed by atoms with van der Waals surface area (Å²) in [7, 11) is 0. The summed E-state index contributed by atoms with van der Waals surface area (Å²) >= 11 is 5.35. The second kappa shape index (κ2) is 4.36. The Morgan fingerprint density at radius 2 is 2.20 bits per heavy atom. The first-order valence-electron chi connectivity index (χ1n) is 4.59. The van der Waals surface area contributed by atoms with E-state index in [4.69, 9.17) is 16.0 Å². The van der Waals surface area contributed by atoms with E-state index in [0.29, 0.717) is 6.54 Å². The van der Waals surface area contributed by atoms with Gasteiger partial charge in [0, 0.05) is 5.39 Å². The lowest BCUT2D eigenvalue weighted by Gasteiger charge is -1.97. The standard InChI is InChI=1S/C11H10ClNO2/c12-6-11(14)13-7-9-5-8-3-1-2-4-10(8)15-9/h1-5H,6-7H2,(H,13,14). The van der Waals surface area contributed by atoms with E-state index in [0.717, 1.165) is 16.7 Å². The molecule has 0 unspecified atom stereocenters. The summed E-state index contributed by atoms with van der Waals surface area (Å²) in [5.41, 5.74) is 0.827. The van der Waals surface area contributed by atoms with Crippen molar-refractivity contribution < 1.29 is 9.21 Å². The fourth-order valence-corrected chi connectivity index (χ4v) is 1.45. The largest absolute Gasteiger partial charge is 0.459 e. The molecule has 0 aliphatic carbocycles. The highest BCUT2D eigenvalue weighted by Gasteiger charge is 2.04. The predicted octanol–water partition coefficient (Wildman–Crippen LogP) is 2.29. The van der Waals surface area contributed by atoms with Gasteiger partial charge in [-0.05, 0) is 12.1 Å². The van der Waals surface area contributed by atoms with E-state index >= 15 is 0 Å². The van der Waals surface area contributed by atoms with Gasteiger partial charge in [-0.3, -0.25) is 4.79 Å². The average Bonchev–Trinajstić information content (AvgIpc) is 2.68. The number of para-hydroxylation sites is 1. The van der Waals surface area contributed by atoms with Crippen molar-refractivity contribution in [1.82, 2.24) is 5.32 Å². The first-order valence-corrected chi connectivity index (χ1v) is 5.13. The Balaban J connectivity index is 2.12. The molecule has 0 saturated carbocycles. The quantitative estimate of drug-likeness (QED) is 0.812. The summed E-state index contributed by atoms with van der Waals surface area (Å²) in [5, 5.41) is 3.68. The number of rotatable bonds is 3. The van der Waals surface area contributed by atoms with Crippen molar-refractivity contribution in [3.05, 3.63) is 36.1 Å². The maximum absolute atomic E-state index is 10.9. The molecule has 1 heterocycles. The minimum Gasteiger partial charge on any atom is -0.459 e. The summed E-state index contributed by atoms with van der Waals surface area (Å²) in [6, 6.07) is 9.61. The van der Waals surface area contributed by atoms with Crippen LogP contribution in [0.5, 0.6) is 0 Å². The highest BCUT2D eigenvalue weighted by atomic mass is 35.5. The van der Waals surface area contributed by atoms with Gasteiger partial charge in [0.15, 0.2) is 0 Å². The highest BCUT2D eigenvalue weighted by molar-refractivity contribution is 6.27. The van der Waals surface area contributed by atoms with Gasteiger partial charge in [-0.1, -0.05) is 18.2 Å². The zero-order chi connectivity index (χ0) is 10.7. The maximum Gasteiger partial charge on any atom is 0.235 e. The van der Waals surface area contributed by atoms with Crippen molar-refractivity contribution >= 4 is 28.5 Å². The Bertz CT molecular complexity index is 445. The van der Waals surface area contributed by atoms with E-state index in [1.807, 2.05) is 30.3 Å². The molecule has 0 saturated heterocycles. The van der Waals surface area contributed by atoms with Crippen LogP contribution in [-0.4, -0.2) is 11.8 Å². The molecule has 0 spiro atoms. The number of nitrogens with one attached hydrogen (secondary N) is 1. The van der Waals surface area contributed by atoms with Crippen LogP contribution in [0.25, 0.3) is 11.0 Å². The van der Waals surface area contributed by atoms with Crippen LogP contribution in [0.1, 0.15) is 5.76 Å². The lowest BCUT2D eigenvalue weighted by Crippen LogP contribution is -2.23. The van der Waals surface area contributed by atoms with Crippen molar-refractivity contribution in [2.24, 2.45) is 0 Å². The highest BCUT2D eigenvalue weighted by Crippen LogP contribution is 2.18. The molecule has 0 bridgehead atoms. The predicted molar refractivity (Wildman–Crippen MR) is 58.8 cm³/mol. The number of furan rings is 1. The molecule has 1 aromatic carbocycles. The molecule has 2 rings (SSSR count). The summed E-state index contributed by atoms with van der Waals surface area (Å²) in [4.78, 5) is 10.9. The molecule has 0 aliphatic rings. The molecule has 2 aromatic rings. The van der Waals surface area contributed by atoms with Crippen LogP contribution >= 0.6 is 11.6 Å². The summed E-state index contributed by atoms with van der Waals surface area (Å²) in [6.45, 7) is 0.375. The van der Waals surface area contributed by atoms with Gasteiger partial charge < -0.3 is 9.73 Å². The second-order valence-corrected chi connectivity index (χ2v) is 3.43. The molecule has 3 nitrogen and oxygen atoms in total. The smallest absolute Gasteiger partial charge is 0.235 e. The Hall–Kier alpha value is -1.48. The fourth-order valence-electron chi connectivity index (χ4n) is 1.36. The first-order chi connectivity index (χ1) is 7.29. The Labute approximate surface area is 92.0 Å². The molecule has 0 radical (unpaired) electrons. The van der Waals surface area contributed by atoms with Crippen LogP contribution in [0.15, 0.2) is 34.7 Å². The lowest BCUT2D eigenvalue weighted by atomic mass is 10.2. The summed E-state index contributed by atoms with van der Waals surface area (Å²) in [6.07, 6.45) is 0. The lowest BCUT2D eigenvalue weighted by molar-refractivity contribution is -0.118. The van der Waals surface area contributed by atoms with Gasteiger partial charge in [-0.25, -0.2) is 0 Å². The van der Waals surface area contributed by atoms with Crippen molar-refractivity contribution in [2.45, 2.75) is 6.54 Å². The van der Waals surface area contributed by atoms with Crippen molar-refractivity contribution in [2.75, 3.05) is 5.88 Å². The topological polar surface area (TPSA) is 42.2 Å². The molecule has 1 amide bonds. The Morgan fingerprint density at radius 1 is 1.40 bits per heavy atom. The molecule has 1 N–H and O–H groups in total. The zero-order valence-corrected chi connectivity index (χ0v) is 8.75. The van der Waals surface area contributed by atoms with E-state index in [1.54, 1.807) is 0 Å². The van der Waals surface area contributed by atoms with E-state index in [1.165, 1.54) is 0 Å². The van der Waals surface area contributed by atoms with Crippen molar-refractivity contribution in [1.29, 1.82) is 0 Å². The zero-order valence-electron chi connectivity index (χ0n) is 8.00. The monoisotopic (exact) mass is 223 g/mol. The van der Waals surface area contributed by atoms with Crippen molar-refractivity contribution in [3.63, 3.8) is 0 Å². The van der Waals surface area contributed by atoms with Crippen molar-refractivity contribution in [3.8, 4) is 0 Å². The van der Waals surface area contributed by atoms with Gasteiger partial charge >= 0.3 is 0 Å². The molecule has 0 aliphatic heterocycles. The number of alkyl halides is 1. The van der Waals surface area contributed by atoms with Gasteiger partial charge in [0.25, 0.3) is 0 Å². The van der Waals surface area contributed by atoms with Gasteiger partial charge in [0.2, 0.25) is 5.91 Å². The summed E-state index contributed by atoms with van der Waals surface area (Å²) in [5.74, 6) is 0.507. The number of amides is 1. The van der Waals surface area contributed by atoms with Gasteiger partial charge in [-0.15, -0.1) is 11.6 Å². The normalized spacial score (nSPS) is 10.5. The van der Waals surface area contributed by atoms with E-state index in [9.17, 15) is 4.79 Å². The van der Waals surface area contributed by atoms with Gasteiger partial charge in [0.1, 0.15) is 17.2 Å². The number of hydrogen-bond acceptors (Lipinski definition) is 2. The third-order valence-corrected chi connectivity index (χ3v) is 2.30. The minimum atomic E-state index is -0.197. The molecule has 0 atom stereocenters. The number of benzene rings is 1. The number of carbonyl (C=O) groups is 1.